The summed E-state index contributed by atoms with van der Waals surface area (Å²) in [5, 5.41) is 28.3. The van der Waals surface area contributed by atoms with Crippen LogP contribution in [0.1, 0.15) is 27.0 Å². The van der Waals surface area contributed by atoms with Gasteiger partial charge in [0.1, 0.15) is 5.75 Å². The first-order valence-corrected chi connectivity index (χ1v) is 6.87. The maximum atomic E-state index is 12.8. The average molecular weight is 336 g/mol. The minimum atomic E-state index is -4.71. The van der Waals surface area contributed by atoms with Crippen molar-refractivity contribution in [3.05, 3.63) is 58.2 Å². The fourth-order valence-electron chi connectivity index (χ4n) is 2.62. The van der Waals surface area contributed by atoms with E-state index in [1.165, 1.54) is 18.2 Å². The molecule has 0 fully saturated rings. The number of Topliss-reactive ketones (excluding diaryl/α,β-unsaturated/α-hetero) is 1. The van der Waals surface area contributed by atoms with Crippen molar-refractivity contribution >= 4 is 11.9 Å². The Bertz CT molecular complexity index is 882. The number of rotatable bonds is 1. The fourth-order valence-corrected chi connectivity index (χ4v) is 2.62. The Labute approximate surface area is 134 Å². The fraction of sp³-hybridized carbons (Fsp3) is 0.118. The molecule has 24 heavy (non-hydrogen) atoms. The van der Waals surface area contributed by atoms with Gasteiger partial charge in [0, 0.05) is 17.6 Å². The van der Waals surface area contributed by atoms with Gasteiger partial charge in [-0.15, -0.1) is 0 Å². The van der Waals surface area contributed by atoms with Gasteiger partial charge in [-0.25, -0.2) is 0 Å². The lowest BCUT2D eigenvalue weighted by molar-refractivity contribution is -0.138. The van der Waals surface area contributed by atoms with Crippen LogP contribution < -0.4 is 0 Å². The van der Waals surface area contributed by atoms with Gasteiger partial charge in [-0.05, 0) is 41.5 Å². The van der Waals surface area contributed by atoms with Crippen LogP contribution in [-0.4, -0.2) is 21.1 Å². The third-order valence-corrected chi connectivity index (χ3v) is 3.78. The van der Waals surface area contributed by atoms with Gasteiger partial charge in [-0.2, -0.15) is 13.2 Å². The predicted octanol–water partition coefficient (Wildman–Crippen LogP) is 3.64. The van der Waals surface area contributed by atoms with Gasteiger partial charge in [0.2, 0.25) is 0 Å². The number of phenolic OH excluding ortho intramolecular Hbond substituents is 3. The summed E-state index contributed by atoms with van der Waals surface area (Å²) in [5.74, 6) is -2.12. The number of aromatic hydroxyl groups is 3. The SMILES string of the molecule is O=C1/C(=C/c2ccc(O)c(C(F)(F)F)c2)Cc2cc(O)c(O)cc21. The number of hydrogen-bond donors (Lipinski definition) is 3. The molecule has 2 aromatic carbocycles. The molecular formula is C17H11F3O4. The highest BCUT2D eigenvalue weighted by Gasteiger charge is 2.34. The van der Waals surface area contributed by atoms with Crippen molar-refractivity contribution < 1.29 is 33.3 Å². The molecule has 3 rings (SSSR count). The number of ketones is 1. The third kappa shape index (κ3) is 2.68. The van der Waals surface area contributed by atoms with Crippen LogP contribution >= 0.6 is 0 Å². The van der Waals surface area contributed by atoms with Crippen molar-refractivity contribution in [3.8, 4) is 17.2 Å². The van der Waals surface area contributed by atoms with Crippen LogP contribution in [-0.2, 0) is 12.6 Å². The molecule has 0 bridgehead atoms. The van der Waals surface area contributed by atoms with Crippen molar-refractivity contribution in [3.63, 3.8) is 0 Å². The zero-order valence-corrected chi connectivity index (χ0v) is 12.1. The summed E-state index contributed by atoms with van der Waals surface area (Å²) < 4.78 is 38.5. The van der Waals surface area contributed by atoms with Crippen LogP contribution in [0.5, 0.6) is 17.2 Å². The molecule has 3 N–H and O–H groups in total. The number of carbonyl (C=O) groups is 1. The van der Waals surface area contributed by atoms with Gasteiger partial charge in [0.25, 0.3) is 0 Å². The number of fused-ring (bicyclic) bond motifs is 1. The summed E-state index contributed by atoms with van der Waals surface area (Å²) in [4.78, 5) is 12.3. The summed E-state index contributed by atoms with van der Waals surface area (Å²) in [5.41, 5.74) is -0.156. The van der Waals surface area contributed by atoms with Gasteiger partial charge in [0.15, 0.2) is 17.3 Å². The highest BCUT2D eigenvalue weighted by molar-refractivity contribution is 6.15. The number of alkyl halides is 3. The molecule has 4 nitrogen and oxygen atoms in total. The third-order valence-electron chi connectivity index (χ3n) is 3.78. The Morgan fingerprint density at radius 2 is 1.62 bits per heavy atom. The van der Waals surface area contributed by atoms with Gasteiger partial charge in [0.05, 0.1) is 5.56 Å². The molecule has 0 saturated carbocycles. The molecule has 0 radical (unpaired) electrons. The molecule has 124 valence electrons. The summed E-state index contributed by atoms with van der Waals surface area (Å²) >= 11 is 0. The van der Waals surface area contributed by atoms with E-state index in [0.29, 0.717) is 5.56 Å². The number of phenols is 3. The molecule has 1 aliphatic rings. The van der Waals surface area contributed by atoms with Crippen LogP contribution in [0.3, 0.4) is 0 Å². The lowest BCUT2D eigenvalue weighted by Crippen LogP contribution is -2.05. The second kappa shape index (κ2) is 5.30. The first-order chi connectivity index (χ1) is 11.2. The van der Waals surface area contributed by atoms with E-state index >= 15 is 0 Å². The van der Waals surface area contributed by atoms with Crippen molar-refractivity contribution in [2.45, 2.75) is 12.6 Å². The van der Waals surface area contributed by atoms with Crippen LogP contribution in [0.2, 0.25) is 0 Å². The van der Waals surface area contributed by atoms with Crippen LogP contribution in [0.15, 0.2) is 35.9 Å². The molecule has 0 unspecified atom stereocenters. The summed E-state index contributed by atoms with van der Waals surface area (Å²) in [6.07, 6.45) is -3.28. The molecule has 0 atom stereocenters. The van der Waals surface area contributed by atoms with Crippen LogP contribution in [0.4, 0.5) is 13.2 Å². The highest BCUT2D eigenvalue weighted by Crippen LogP contribution is 2.38. The van der Waals surface area contributed by atoms with E-state index in [4.69, 9.17) is 0 Å². The molecule has 0 aromatic heterocycles. The van der Waals surface area contributed by atoms with E-state index in [-0.39, 0.29) is 28.9 Å². The molecule has 2 aromatic rings. The van der Waals surface area contributed by atoms with Gasteiger partial charge in [-0.1, -0.05) is 6.07 Å². The second-order valence-corrected chi connectivity index (χ2v) is 5.45. The molecule has 0 aliphatic heterocycles. The molecule has 7 heteroatoms. The number of hydrogen-bond acceptors (Lipinski definition) is 4. The first kappa shape index (κ1) is 15.9. The van der Waals surface area contributed by atoms with Crippen molar-refractivity contribution in [1.29, 1.82) is 0 Å². The largest absolute Gasteiger partial charge is 0.507 e. The van der Waals surface area contributed by atoms with E-state index < -0.39 is 29.0 Å². The quantitative estimate of drug-likeness (QED) is 0.549. The normalized spacial score (nSPS) is 15.8. The highest BCUT2D eigenvalue weighted by atomic mass is 19.4. The van der Waals surface area contributed by atoms with Crippen molar-refractivity contribution in [1.82, 2.24) is 0 Å². The second-order valence-electron chi connectivity index (χ2n) is 5.45. The Balaban J connectivity index is 2.01. The lowest BCUT2D eigenvalue weighted by atomic mass is 10.0. The number of carbonyl (C=O) groups excluding carboxylic acids is 1. The zero-order valence-electron chi connectivity index (χ0n) is 12.1. The standard InChI is InChI=1S/C17H11F3O4/c18-17(19,20)12-4-8(1-2-13(12)21)3-10-5-9-6-14(22)15(23)7-11(9)16(10)24/h1-4,6-7,21-23H,5H2/b10-3+. The predicted molar refractivity (Wildman–Crippen MR) is 78.9 cm³/mol. The Morgan fingerprint density at radius 1 is 0.958 bits per heavy atom. The minimum Gasteiger partial charge on any atom is -0.507 e. The molecule has 0 saturated heterocycles. The average Bonchev–Trinajstić information content (AvgIpc) is 2.77. The van der Waals surface area contributed by atoms with Gasteiger partial charge < -0.3 is 15.3 Å². The van der Waals surface area contributed by atoms with Gasteiger partial charge in [-0.3, -0.25) is 4.79 Å². The minimum absolute atomic E-state index is 0.115. The molecule has 0 amide bonds. The molecule has 0 spiro atoms. The number of allylic oxidation sites excluding steroid dienone is 1. The Morgan fingerprint density at radius 3 is 2.29 bits per heavy atom. The van der Waals surface area contributed by atoms with Crippen LogP contribution in [0, 0.1) is 0 Å². The Kier molecular flexibility index (Phi) is 3.51. The molecular weight excluding hydrogens is 325 g/mol. The van der Waals surface area contributed by atoms with Crippen LogP contribution in [0.25, 0.3) is 6.08 Å². The van der Waals surface area contributed by atoms with Crippen molar-refractivity contribution in [2.75, 3.05) is 0 Å². The molecule has 1 aliphatic carbocycles. The van der Waals surface area contributed by atoms with Crippen molar-refractivity contribution in [2.24, 2.45) is 0 Å². The zero-order chi connectivity index (χ0) is 17.6. The van der Waals surface area contributed by atoms with E-state index in [1.54, 1.807) is 0 Å². The molecule has 0 heterocycles. The first-order valence-electron chi connectivity index (χ1n) is 6.87. The summed E-state index contributed by atoms with van der Waals surface area (Å²) in [6.45, 7) is 0. The smallest absolute Gasteiger partial charge is 0.419 e. The summed E-state index contributed by atoms with van der Waals surface area (Å²) in [6, 6.07) is 5.32. The van der Waals surface area contributed by atoms with E-state index in [1.807, 2.05) is 0 Å². The maximum Gasteiger partial charge on any atom is 0.419 e. The monoisotopic (exact) mass is 336 g/mol. The number of benzene rings is 2. The maximum absolute atomic E-state index is 12.8. The summed E-state index contributed by atoms with van der Waals surface area (Å²) in [7, 11) is 0. The van der Waals surface area contributed by atoms with E-state index in [0.717, 1.165) is 18.2 Å². The lowest BCUT2D eigenvalue weighted by Gasteiger charge is -2.09. The number of halogens is 3. The van der Waals surface area contributed by atoms with E-state index in [9.17, 15) is 33.3 Å². The van der Waals surface area contributed by atoms with E-state index in [2.05, 4.69) is 0 Å². The Hall–Kier alpha value is -2.96. The topological polar surface area (TPSA) is 77.8 Å². The van der Waals surface area contributed by atoms with Gasteiger partial charge >= 0.3 is 6.18 Å².